The van der Waals surface area contributed by atoms with Gasteiger partial charge in [-0.2, -0.15) is 0 Å². The third-order valence-electron chi connectivity index (χ3n) is 5.01. The van der Waals surface area contributed by atoms with Crippen molar-refractivity contribution in [1.82, 2.24) is 10.3 Å². The number of para-hydroxylation sites is 2. The van der Waals surface area contributed by atoms with E-state index in [0.29, 0.717) is 17.2 Å². The van der Waals surface area contributed by atoms with E-state index in [9.17, 15) is 4.79 Å². The fraction of sp³-hybridized carbons (Fsp3) is 0.400. The summed E-state index contributed by atoms with van der Waals surface area (Å²) in [5.41, 5.74) is 0.677. The number of carbonyl (C=O) groups excluding carboxylic acids is 1. The number of aromatic nitrogens is 1. The molecule has 1 saturated heterocycles. The zero-order valence-corrected chi connectivity index (χ0v) is 14.6. The monoisotopic (exact) mass is 353 g/mol. The molecule has 1 aliphatic carbocycles. The van der Waals surface area contributed by atoms with E-state index in [4.69, 9.17) is 9.47 Å². The highest BCUT2D eigenvalue weighted by Crippen LogP contribution is 2.32. The van der Waals surface area contributed by atoms with Crippen molar-refractivity contribution in [2.45, 2.75) is 31.4 Å². The Morgan fingerprint density at radius 3 is 3.04 bits per heavy atom. The zero-order valence-electron chi connectivity index (χ0n) is 14.6. The number of nitrogens with one attached hydrogen (secondary N) is 2. The number of carbonyl (C=O) groups is 1. The first-order valence-electron chi connectivity index (χ1n) is 9.12. The van der Waals surface area contributed by atoms with Gasteiger partial charge in [0.15, 0.2) is 5.75 Å². The number of benzene rings is 1. The van der Waals surface area contributed by atoms with Crippen molar-refractivity contribution >= 4 is 11.6 Å². The van der Waals surface area contributed by atoms with E-state index in [0.717, 1.165) is 32.4 Å². The van der Waals surface area contributed by atoms with Crippen molar-refractivity contribution < 1.29 is 14.3 Å². The number of hydrogen-bond donors (Lipinski definition) is 2. The minimum Gasteiger partial charge on any atom is -0.454 e. The summed E-state index contributed by atoms with van der Waals surface area (Å²) in [5.74, 6) is 1.27. The average molecular weight is 353 g/mol. The van der Waals surface area contributed by atoms with Gasteiger partial charge in [-0.05, 0) is 43.5 Å². The molecular formula is C20H23N3O3. The van der Waals surface area contributed by atoms with Crippen LogP contribution in [0.3, 0.4) is 0 Å². The van der Waals surface area contributed by atoms with E-state index in [1.807, 2.05) is 36.4 Å². The lowest BCUT2D eigenvalue weighted by molar-refractivity contribution is -0.123. The van der Waals surface area contributed by atoms with Gasteiger partial charge in [-0.25, -0.2) is 0 Å². The highest BCUT2D eigenvalue weighted by atomic mass is 16.5. The molecule has 2 aliphatic rings. The largest absolute Gasteiger partial charge is 0.454 e. The number of nitrogens with zero attached hydrogens (tertiary/aromatic N) is 1. The number of anilines is 1. The molecule has 1 aliphatic heterocycles. The van der Waals surface area contributed by atoms with Crippen LogP contribution >= 0.6 is 0 Å². The fourth-order valence-corrected chi connectivity index (χ4v) is 3.68. The Kier molecular flexibility index (Phi) is 5.13. The number of rotatable bonds is 4. The molecule has 2 aromatic rings. The van der Waals surface area contributed by atoms with Crippen LogP contribution in [0.1, 0.15) is 19.3 Å². The highest BCUT2D eigenvalue weighted by molar-refractivity contribution is 5.94. The van der Waals surface area contributed by atoms with Crippen LogP contribution in [-0.4, -0.2) is 36.2 Å². The van der Waals surface area contributed by atoms with Gasteiger partial charge < -0.3 is 20.1 Å². The first kappa shape index (κ1) is 17.0. The minimum absolute atomic E-state index is 0.0168. The van der Waals surface area contributed by atoms with E-state index >= 15 is 0 Å². The standard InChI is InChI=1S/C20H23N3O3/c24-20(14-7-8-18-17(12-14)22-10-11-25-18)23-16-5-1-2-6-19(16)26-15-4-3-9-21-13-15/h1-6,9,13-14,17-18,22H,7-8,10-12H2,(H,23,24)/t14-,17+,18+/m0/s1. The molecule has 1 aromatic heterocycles. The van der Waals surface area contributed by atoms with Crippen LogP contribution in [0.5, 0.6) is 11.5 Å². The Labute approximate surface area is 152 Å². The highest BCUT2D eigenvalue weighted by Gasteiger charge is 2.36. The van der Waals surface area contributed by atoms with Crippen molar-refractivity contribution in [1.29, 1.82) is 0 Å². The predicted molar refractivity (Wildman–Crippen MR) is 98.3 cm³/mol. The summed E-state index contributed by atoms with van der Waals surface area (Å²) >= 11 is 0. The zero-order chi connectivity index (χ0) is 17.8. The Morgan fingerprint density at radius 1 is 1.23 bits per heavy atom. The average Bonchev–Trinajstić information content (AvgIpc) is 2.70. The number of pyridine rings is 1. The first-order chi connectivity index (χ1) is 12.8. The van der Waals surface area contributed by atoms with Crippen LogP contribution in [0.2, 0.25) is 0 Å². The molecule has 0 unspecified atom stereocenters. The van der Waals surface area contributed by atoms with E-state index in [-0.39, 0.29) is 24.0 Å². The number of hydrogen-bond acceptors (Lipinski definition) is 5. The van der Waals surface area contributed by atoms with Gasteiger partial charge in [0.05, 0.1) is 24.6 Å². The van der Waals surface area contributed by atoms with E-state index in [2.05, 4.69) is 15.6 Å². The van der Waals surface area contributed by atoms with Crippen molar-refractivity contribution in [2.24, 2.45) is 5.92 Å². The summed E-state index contributed by atoms with van der Waals surface area (Å²) in [6.45, 7) is 1.62. The van der Waals surface area contributed by atoms with Gasteiger partial charge in [0, 0.05) is 24.7 Å². The number of fused-ring (bicyclic) bond motifs is 1. The van der Waals surface area contributed by atoms with Crippen LogP contribution in [-0.2, 0) is 9.53 Å². The van der Waals surface area contributed by atoms with Gasteiger partial charge >= 0.3 is 0 Å². The van der Waals surface area contributed by atoms with E-state index < -0.39 is 0 Å². The van der Waals surface area contributed by atoms with Crippen molar-refractivity contribution in [2.75, 3.05) is 18.5 Å². The van der Waals surface area contributed by atoms with Crippen LogP contribution in [0.4, 0.5) is 5.69 Å². The summed E-state index contributed by atoms with van der Waals surface area (Å²) in [6.07, 6.45) is 6.16. The maximum atomic E-state index is 12.8. The molecule has 0 spiro atoms. The molecule has 1 aromatic carbocycles. The second kappa shape index (κ2) is 7.85. The van der Waals surface area contributed by atoms with Gasteiger partial charge in [0.2, 0.25) is 5.91 Å². The SMILES string of the molecule is O=C(Nc1ccccc1Oc1cccnc1)[C@H]1CC[C@H]2OCCN[C@@H]2C1. The molecule has 2 N–H and O–H groups in total. The number of morpholine rings is 1. The maximum absolute atomic E-state index is 12.8. The summed E-state index contributed by atoms with van der Waals surface area (Å²) in [6, 6.07) is 11.4. The molecule has 136 valence electrons. The molecule has 0 radical (unpaired) electrons. The Bertz CT molecular complexity index is 753. The van der Waals surface area contributed by atoms with Crippen LogP contribution in [0, 0.1) is 5.92 Å². The molecule has 0 bridgehead atoms. The molecule has 3 atom stereocenters. The van der Waals surface area contributed by atoms with Crippen LogP contribution < -0.4 is 15.4 Å². The fourth-order valence-electron chi connectivity index (χ4n) is 3.68. The van der Waals surface area contributed by atoms with Crippen molar-refractivity contribution in [3.63, 3.8) is 0 Å². The predicted octanol–water partition coefficient (Wildman–Crippen LogP) is 2.97. The molecule has 6 nitrogen and oxygen atoms in total. The summed E-state index contributed by atoms with van der Waals surface area (Å²) in [5, 5.41) is 6.52. The quantitative estimate of drug-likeness (QED) is 0.884. The van der Waals surface area contributed by atoms with E-state index in [1.165, 1.54) is 0 Å². The number of ether oxygens (including phenoxy) is 2. The van der Waals surface area contributed by atoms with Crippen LogP contribution in [0.15, 0.2) is 48.8 Å². The smallest absolute Gasteiger partial charge is 0.227 e. The topological polar surface area (TPSA) is 72.5 Å². The second-order valence-corrected chi connectivity index (χ2v) is 6.76. The second-order valence-electron chi connectivity index (χ2n) is 6.76. The molecular weight excluding hydrogens is 330 g/mol. The van der Waals surface area contributed by atoms with E-state index in [1.54, 1.807) is 12.4 Å². The van der Waals surface area contributed by atoms with Gasteiger partial charge in [-0.1, -0.05) is 12.1 Å². The Hall–Kier alpha value is -2.44. The van der Waals surface area contributed by atoms with Gasteiger partial charge in [0.25, 0.3) is 0 Å². The third-order valence-corrected chi connectivity index (χ3v) is 5.01. The summed E-state index contributed by atoms with van der Waals surface area (Å²) in [7, 11) is 0. The summed E-state index contributed by atoms with van der Waals surface area (Å²) < 4.78 is 11.7. The molecule has 2 fully saturated rings. The van der Waals surface area contributed by atoms with Gasteiger partial charge in [-0.15, -0.1) is 0 Å². The molecule has 1 saturated carbocycles. The maximum Gasteiger partial charge on any atom is 0.227 e. The molecule has 26 heavy (non-hydrogen) atoms. The van der Waals surface area contributed by atoms with Crippen LogP contribution in [0.25, 0.3) is 0 Å². The lowest BCUT2D eigenvalue weighted by Gasteiger charge is -2.39. The lowest BCUT2D eigenvalue weighted by atomic mass is 9.82. The van der Waals surface area contributed by atoms with Gasteiger partial charge in [-0.3, -0.25) is 9.78 Å². The third kappa shape index (κ3) is 3.86. The van der Waals surface area contributed by atoms with Crippen molar-refractivity contribution in [3.8, 4) is 11.5 Å². The molecule has 1 amide bonds. The summed E-state index contributed by atoms with van der Waals surface area (Å²) in [4.78, 5) is 16.9. The Morgan fingerprint density at radius 2 is 2.15 bits per heavy atom. The number of amides is 1. The van der Waals surface area contributed by atoms with Crippen molar-refractivity contribution in [3.05, 3.63) is 48.8 Å². The minimum atomic E-state index is -0.0168. The first-order valence-corrected chi connectivity index (χ1v) is 9.12. The molecule has 6 heteroatoms. The normalized spacial score (nSPS) is 25.2. The van der Waals surface area contributed by atoms with Gasteiger partial charge in [0.1, 0.15) is 5.75 Å². The Balaban J connectivity index is 1.43. The molecule has 2 heterocycles. The molecule has 4 rings (SSSR count). The lowest BCUT2D eigenvalue weighted by Crippen LogP contribution is -2.52.